The van der Waals surface area contributed by atoms with Crippen LogP contribution in [0.4, 0.5) is 10.1 Å². The minimum Gasteiger partial charge on any atom is -0.380 e. The van der Waals surface area contributed by atoms with Gasteiger partial charge >= 0.3 is 0 Å². The molecule has 106 valence electrons. The van der Waals surface area contributed by atoms with Crippen LogP contribution in [-0.4, -0.2) is 14.2 Å². The maximum absolute atomic E-state index is 13.1. The van der Waals surface area contributed by atoms with Gasteiger partial charge in [-0.25, -0.2) is 12.8 Å². The molecule has 5 heteroatoms. The van der Waals surface area contributed by atoms with Crippen LogP contribution in [0.3, 0.4) is 0 Å². The van der Waals surface area contributed by atoms with Gasteiger partial charge in [-0.1, -0.05) is 31.2 Å². The van der Waals surface area contributed by atoms with Gasteiger partial charge in [-0.15, -0.1) is 0 Å². The second-order valence-electron chi connectivity index (χ2n) is 4.38. The Morgan fingerprint density at radius 1 is 1.10 bits per heavy atom. The zero-order valence-electron chi connectivity index (χ0n) is 11.1. The monoisotopic (exact) mass is 293 g/mol. The summed E-state index contributed by atoms with van der Waals surface area (Å²) in [5.41, 5.74) is 1.30. The van der Waals surface area contributed by atoms with E-state index in [9.17, 15) is 12.8 Å². The van der Waals surface area contributed by atoms with Crippen molar-refractivity contribution in [1.82, 2.24) is 0 Å². The molecule has 2 rings (SSSR count). The lowest BCUT2D eigenvalue weighted by Gasteiger charge is -2.11. The Kier molecular flexibility index (Phi) is 4.39. The van der Waals surface area contributed by atoms with Gasteiger partial charge in [0.2, 0.25) is 0 Å². The smallest absolute Gasteiger partial charge is 0.180 e. The summed E-state index contributed by atoms with van der Waals surface area (Å²) < 4.78 is 37.1. The fourth-order valence-electron chi connectivity index (χ4n) is 1.88. The Bertz CT molecular complexity index is 699. The second kappa shape index (κ2) is 6.05. The summed E-state index contributed by atoms with van der Waals surface area (Å²) in [5, 5.41) is 3.05. The molecule has 1 N–H and O–H groups in total. The fourth-order valence-corrected chi connectivity index (χ4v) is 2.96. The summed E-state index contributed by atoms with van der Waals surface area (Å²) in [6, 6.07) is 12.9. The predicted octanol–water partition coefficient (Wildman–Crippen LogP) is 3.23. The van der Waals surface area contributed by atoms with E-state index in [-0.39, 0.29) is 16.5 Å². The van der Waals surface area contributed by atoms with Crippen molar-refractivity contribution in [1.29, 1.82) is 0 Å². The number of para-hydroxylation sites is 1. The molecule has 2 aromatic carbocycles. The third-order valence-corrected chi connectivity index (χ3v) is 4.76. The number of rotatable bonds is 5. The van der Waals surface area contributed by atoms with E-state index in [1.54, 1.807) is 43.3 Å². The van der Waals surface area contributed by atoms with Gasteiger partial charge in [0, 0.05) is 6.54 Å². The summed E-state index contributed by atoms with van der Waals surface area (Å²) in [7, 11) is -3.28. The largest absolute Gasteiger partial charge is 0.380 e. The first-order valence-corrected chi connectivity index (χ1v) is 7.98. The highest BCUT2D eigenvalue weighted by atomic mass is 32.2. The number of hydrogen-bond acceptors (Lipinski definition) is 3. The Morgan fingerprint density at radius 2 is 1.85 bits per heavy atom. The Morgan fingerprint density at radius 3 is 2.55 bits per heavy atom. The molecule has 0 heterocycles. The Hall–Kier alpha value is -1.88. The number of nitrogens with one attached hydrogen (secondary N) is 1. The highest BCUT2D eigenvalue weighted by Gasteiger charge is 2.15. The number of anilines is 1. The first-order valence-electron chi connectivity index (χ1n) is 6.33. The SMILES string of the molecule is CCS(=O)(=O)c1ccccc1NCc1cccc(F)c1. The van der Waals surface area contributed by atoms with Crippen LogP contribution in [-0.2, 0) is 16.4 Å². The van der Waals surface area contributed by atoms with Crippen LogP contribution >= 0.6 is 0 Å². The van der Waals surface area contributed by atoms with Gasteiger partial charge in [0.05, 0.1) is 16.3 Å². The maximum Gasteiger partial charge on any atom is 0.180 e. The highest BCUT2D eigenvalue weighted by molar-refractivity contribution is 7.91. The summed E-state index contributed by atoms with van der Waals surface area (Å²) in [6.45, 7) is 1.98. The van der Waals surface area contributed by atoms with Crippen LogP contribution in [0.2, 0.25) is 0 Å². The van der Waals surface area contributed by atoms with Crippen molar-refractivity contribution in [2.45, 2.75) is 18.4 Å². The van der Waals surface area contributed by atoms with Crippen molar-refractivity contribution in [3.63, 3.8) is 0 Å². The van der Waals surface area contributed by atoms with E-state index in [1.807, 2.05) is 0 Å². The van der Waals surface area contributed by atoms with Gasteiger partial charge in [0.1, 0.15) is 5.82 Å². The maximum atomic E-state index is 13.1. The van der Waals surface area contributed by atoms with Crippen molar-refractivity contribution in [3.05, 3.63) is 59.9 Å². The van der Waals surface area contributed by atoms with Gasteiger partial charge in [-0.2, -0.15) is 0 Å². The van der Waals surface area contributed by atoms with Gasteiger partial charge in [0.15, 0.2) is 9.84 Å². The molecule has 0 aliphatic rings. The summed E-state index contributed by atoms with van der Waals surface area (Å²) in [5.74, 6) is -0.259. The minimum atomic E-state index is -3.28. The van der Waals surface area contributed by atoms with Gasteiger partial charge in [-0.3, -0.25) is 0 Å². The van der Waals surface area contributed by atoms with Crippen LogP contribution in [0.25, 0.3) is 0 Å². The predicted molar refractivity (Wildman–Crippen MR) is 77.9 cm³/mol. The molecule has 20 heavy (non-hydrogen) atoms. The molecule has 0 radical (unpaired) electrons. The first-order chi connectivity index (χ1) is 9.53. The third-order valence-electron chi connectivity index (χ3n) is 2.97. The number of sulfone groups is 1. The molecule has 0 aliphatic carbocycles. The molecular formula is C15H16FNO2S. The number of halogens is 1. The molecule has 0 bridgehead atoms. The van der Waals surface area contributed by atoms with Crippen LogP contribution in [0.15, 0.2) is 53.4 Å². The molecule has 2 aromatic rings. The van der Waals surface area contributed by atoms with Crippen molar-refractivity contribution >= 4 is 15.5 Å². The van der Waals surface area contributed by atoms with E-state index in [2.05, 4.69) is 5.32 Å². The molecule has 0 amide bonds. The molecule has 3 nitrogen and oxygen atoms in total. The first kappa shape index (κ1) is 14.5. The highest BCUT2D eigenvalue weighted by Crippen LogP contribution is 2.22. The molecule has 0 fully saturated rings. The van der Waals surface area contributed by atoms with E-state index >= 15 is 0 Å². The van der Waals surface area contributed by atoms with E-state index < -0.39 is 9.84 Å². The molecule has 0 atom stereocenters. The lowest BCUT2D eigenvalue weighted by Crippen LogP contribution is -2.09. The molecule has 0 aliphatic heterocycles. The van der Waals surface area contributed by atoms with Crippen LogP contribution in [0.5, 0.6) is 0 Å². The van der Waals surface area contributed by atoms with Crippen molar-refractivity contribution < 1.29 is 12.8 Å². The van der Waals surface area contributed by atoms with Crippen LogP contribution in [0, 0.1) is 5.82 Å². The number of hydrogen-bond donors (Lipinski definition) is 1. The summed E-state index contributed by atoms with van der Waals surface area (Å²) in [4.78, 5) is 0.277. The average Bonchev–Trinajstić information content (AvgIpc) is 2.45. The Labute approximate surface area is 118 Å². The normalized spacial score (nSPS) is 11.3. The molecule has 0 unspecified atom stereocenters. The summed E-state index contributed by atoms with van der Waals surface area (Å²) in [6.07, 6.45) is 0. The van der Waals surface area contributed by atoms with Crippen molar-refractivity contribution in [2.24, 2.45) is 0 Å². The van der Waals surface area contributed by atoms with Crippen LogP contribution < -0.4 is 5.32 Å². The second-order valence-corrected chi connectivity index (χ2v) is 6.63. The van der Waals surface area contributed by atoms with E-state index in [0.717, 1.165) is 5.56 Å². The molecule has 0 saturated carbocycles. The van der Waals surface area contributed by atoms with Gasteiger partial charge in [0.25, 0.3) is 0 Å². The molecule has 0 spiro atoms. The molecule has 0 aromatic heterocycles. The third kappa shape index (κ3) is 3.36. The quantitative estimate of drug-likeness (QED) is 0.920. The molecular weight excluding hydrogens is 277 g/mol. The van der Waals surface area contributed by atoms with E-state index in [0.29, 0.717) is 12.2 Å². The lowest BCUT2D eigenvalue weighted by molar-refractivity contribution is 0.597. The number of benzene rings is 2. The Balaban J connectivity index is 2.22. The minimum absolute atomic E-state index is 0.0473. The summed E-state index contributed by atoms with van der Waals surface area (Å²) >= 11 is 0. The zero-order valence-corrected chi connectivity index (χ0v) is 12.0. The fraction of sp³-hybridized carbons (Fsp3) is 0.200. The van der Waals surface area contributed by atoms with Gasteiger partial charge < -0.3 is 5.32 Å². The topological polar surface area (TPSA) is 46.2 Å². The standard InChI is InChI=1S/C15H16FNO2S/c1-2-20(18,19)15-9-4-3-8-14(15)17-11-12-6-5-7-13(16)10-12/h3-10,17H,2,11H2,1H3. The zero-order chi connectivity index (χ0) is 14.6. The average molecular weight is 293 g/mol. The van der Waals surface area contributed by atoms with Crippen LogP contribution in [0.1, 0.15) is 12.5 Å². The van der Waals surface area contributed by atoms with E-state index in [4.69, 9.17) is 0 Å². The molecule has 0 saturated heterocycles. The lowest BCUT2D eigenvalue weighted by atomic mass is 10.2. The van der Waals surface area contributed by atoms with Gasteiger partial charge in [-0.05, 0) is 29.8 Å². The van der Waals surface area contributed by atoms with Crippen molar-refractivity contribution in [3.8, 4) is 0 Å². The van der Waals surface area contributed by atoms with E-state index in [1.165, 1.54) is 12.1 Å². The van der Waals surface area contributed by atoms with Crippen molar-refractivity contribution in [2.75, 3.05) is 11.1 Å².